The van der Waals surface area contributed by atoms with Crippen molar-refractivity contribution in [1.82, 2.24) is 15.4 Å². The van der Waals surface area contributed by atoms with Crippen LogP contribution in [0.25, 0.3) is 0 Å². The molecule has 1 aromatic heterocycles. The van der Waals surface area contributed by atoms with Gasteiger partial charge in [0.1, 0.15) is 11.9 Å². The molecular weight excluding hydrogens is 266 g/mol. The Morgan fingerprint density at radius 1 is 1.43 bits per heavy atom. The number of hydrogen-bond donors (Lipinski definition) is 2. The zero-order valence-electron chi connectivity index (χ0n) is 12.8. The minimum Gasteiger partial charge on any atom is -0.362 e. The van der Waals surface area contributed by atoms with Gasteiger partial charge in [0.2, 0.25) is 5.91 Å². The van der Waals surface area contributed by atoms with Crippen molar-refractivity contribution >= 4 is 17.4 Å². The number of nitrogens with zero attached hydrogens (tertiary/aromatic N) is 3. The fourth-order valence-corrected chi connectivity index (χ4v) is 3.23. The predicted molar refractivity (Wildman–Crippen MR) is 83.1 cm³/mol. The van der Waals surface area contributed by atoms with Crippen LogP contribution in [-0.2, 0) is 4.79 Å². The highest BCUT2D eigenvalue weighted by molar-refractivity contribution is 6.01. The number of aromatic nitrogens is 1. The van der Waals surface area contributed by atoms with Crippen LogP contribution in [0.3, 0.4) is 0 Å². The van der Waals surface area contributed by atoms with E-state index in [0.29, 0.717) is 0 Å². The number of rotatable bonds is 3. The highest BCUT2D eigenvalue weighted by Crippen LogP contribution is 2.32. The van der Waals surface area contributed by atoms with E-state index in [1.165, 1.54) is 0 Å². The van der Waals surface area contributed by atoms with Crippen LogP contribution in [-0.4, -0.2) is 47.6 Å². The number of fused-ring (bicyclic) bond motifs is 2. The summed E-state index contributed by atoms with van der Waals surface area (Å²) in [7, 11) is 1.93. The van der Waals surface area contributed by atoms with E-state index in [0.717, 1.165) is 30.9 Å². The second kappa shape index (κ2) is 5.61. The molecule has 1 fully saturated rings. The molecule has 2 N–H and O–H groups in total. The molecule has 0 radical (unpaired) electrons. The van der Waals surface area contributed by atoms with E-state index in [1.54, 1.807) is 6.20 Å². The van der Waals surface area contributed by atoms with Gasteiger partial charge in [-0.3, -0.25) is 4.79 Å². The first-order valence-electron chi connectivity index (χ1n) is 7.65. The van der Waals surface area contributed by atoms with Gasteiger partial charge >= 0.3 is 0 Å². The molecule has 0 aromatic carbocycles. The topological polar surface area (TPSA) is 60.5 Å². The average molecular weight is 289 g/mol. The SMILES string of the molecule is CCCCN1C(=O)C2C(Nc3ncccc31)C(C)NN2C. The standard InChI is InChI=1S/C15H23N5O/c1-4-5-9-20-11-7-6-8-16-14(11)17-12-10(2)18-19(3)13(12)15(20)21/h6-8,10,12-13,18H,4-5,9H2,1-3H3,(H,16,17). The Bertz CT molecular complexity index is 535. The van der Waals surface area contributed by atoms with E-state index < -0.39 is 0 Å². The summed E-state index contributed by atoms with van der Waals surface area (Å²) in [6.45, 7) is 4.96. The van der Waals surface area contributed by atoms with Crippen LogP contribution in [0, 0.1) is 0 Å². The zero-order valence-corrected chi connectivity index (χ0v) is 12.8. The van der Waals surface area contributed by atoms with Gasteiger partial charge in [-0.2, -0.15) is 0 Å². The van der Waals surface area contributed by atoms with Gasteiger partial charge in [-0.25, -0.2) is 15.4 Å². The number of hydrogen-bond acceptors (Lipinski definition) is 5. The molecule has 6 nitrogen and oxygen atoms in total. The fourth-order valence-electron chi connectivity index (χ4n) is 3.23. The Hall–Kier alpha value is -1.66. The van der Waals surface area contributed by atoms with Gasteiger partial charge in [-0.05, 0) is 25.5 Å². The number of amides is 1. The van der Waals surface area contributed by atoms with E-state index in [4.69, 9.17) is 0 Å². The number of unbranched alkanes of at least 4 members (excludes halogenated alkanes) is 1. The molecule has 2 aliphatic heterocycles. The molecule has 6 heteroatoms. The summed E-state index contributed by atoms with van der Waals surface area (Å²) < 4.78 is 0. The maximum Gasteiger partial charge on any atom is 0.248 e. The van der Waals surface area contributed by atoms with Crippen molar-refractivity contribution in [2.45, 2.75) is 44.8 Å². The van der Waals surface area contributed by atoms with Gasteiger partial charge in [0.15, 0.2) is 0 Å². The van der Waals surface area contributed by atoms with Gasteiger partial charge in [0, 0.05) is 25.8 Å². The number of hydrazine groups is 1. The van der Waals surface area contributed by atoms with Crippen LogP contribution >= 0.6 is 0 Å². The smallest absolute Gasteiger partial charge is 0.248 e. The first-order chi connectivity index (χ1) is 10.1. The largest absolute Gasteiger partial charge is 0.362 e. The summed E-state index contributed by atoms with van der Waals surface area (Å²) in [4.78, 5) is 19.4. The molecule has 0 aliphatic carbocycles. The van der Waals surface area contributed by atoms with Crippen LogP contribution in [0.2, 0.25) is 0 Å². The van der Waals surface area contributed by atoms with E-state index in [2.05, 4.69) is 29.6 Å². The Kier molecular flexibility index (Phi) is 3.82. The number of carbonyl (C=O) groups is 1. The quantitative estimate of drug-likeness (QED) is 0.876. The van der Waals surface area contributed by atoms with Crippen molar-refractivity contribution in [2.75, 3.05) is 23.8 Å². The molecule has 2 aliphatic rings. The summed E-state index contributed by atoms with van der Waals surface area (Å²) >= 11 is 0. The lowest BCUT2D eigenvalue weighted by Gasteiger charge is -2.27. The van der Waals surface area contributed by atoms with Gasteiger partial charge in [0.05, 0.1) is 11.7 Å². The van der Waals surface area contributed by atoms with Crippen molar-refractivity contribution in [1.29, 1.82) is 0 Å². The number of likely N-dealkylation sites (N-methyl/N-ethyl adjacent to an activating group) is 1. The van der Waals surface area contributed by atoms with E-state index in [1.807, 2.05) is 29.1 Å². The minimum atomic E-state index is -0.203. The van der Waals surface area contributed by atoms with Crippen LogP contribution in [0.4, 0.5) is 11.5 Å². The van der Waals surface area contributed by atoms with Crippen LogP contribution in [0.5, 0.6) is 0 Å². The summed E-state index contributed by atoms with van der Waals surface area (Å²) in [6.07, 6.45) is 3.82. The Balaban J connectivity index is 2.01. The third kappa shape index (κ3) is 2.38. The number of nitrogens with one attached hydrogen (secondary N) is 2. The molecule has 3 heterocycles. The molecule has 1 aromatic rings. The molecule has 0 spiro atoms. The lowest BCUT2D eigenvalue weighted by molar-refractivity contribution is -0.123. The second-order valence-corrected chi connectivity index (χ2v) is 5.86. The van der Waals surface area contributed by atoms with Crippen LogP contribution in [0.15, 0.2) is 18.3 Å². The van der Waals surface area contributed by atoms with Gasteiger partial charge in [-0.1, -0.05) is 13.3 Å². The van der Waals surface area contributed by atoms with Crippen LogP contribution < -0.4 is 15.6 Å². The van der Waals surface area contributed by atoms with Crippen molar-refractivity contribution in [3.8, 4) is 0 Å². The number of anilines is 2. The van der Waals surface area contributed by atoms with Gasteiger partial charge < -0.3 is 10.2 Å². The Morgan fingerprint density at radius 3 is 3.00 bits per heavy atom. The summed E-state index contributed by atoms with van der Waals surface area (Å²) in [5.41, 5.74) is 4.21. The molecule has 3 rings (SSSR count). The summed E-state index contributed by atoms with van der Waals surface area (Å²) in [5, 5.41) is 5.39. The average Bonchev–Trinajstić information content (AvgIpc) is 2.67. The molecule has 114 valence electrons. The molecule has 1 amide bonds. The first-order valence-corrected chi connectivity index (χ1v) is 7.65. The zero-order chi connectivity index (χ0) is 15.0. The van der Waals surface area contributed by atoms with Crippen molar-refractivity contribution in [3.05, 3.63) is 18.3 Å². The Labute approximate surface area is 125 Å². The monoisotopic (exact) mass is 289 g/mol. The maximum atomic E-state index is 13.0. The summed E-state index contributed by atoms with van der Waals surface area (Å²) in [5.74, 6) is 0.949. The second-order valence-electron chi connectivity index (χ2n) is 5.86. The molecule has 1 saturated heterocycles. The summed E-state index contributed by atoms with van der Waals surface area (Å²) in [6, 6.07) is 3.88. The van der Waals surface area contributed by atoms with Crippen molar-refractivity contribution in [3.63, 3.8) is 0 Å². The molecular formula is C15H23N5O. The Morgan fingerprint density at radius 2 is 2.24 bits per heavy atom. The predicted octanol–water partition coefficient (Wildman–Crippen LogP) is 1.22. The lowest BCUT2D eigenvalue weighted by Crippen LogP contribution is -2.50. The number of pyridine rings is 1. The van der Waals surface area contributed by atoms with Crippen LogP contribution in [0.1, 0.15) is 26.7 Å². The minimum absolute atomic E-state index is 0.0303. The number of carbonyl (C=O) groups excluding carboxylic acids is 1. The maximum absolute atomic E-state index is 13.0. The van der Waals surface area contributed by atoms with Gasteiger partial charge in [0.25, 0.3) is 0 Å². The van der Waals surface area contributed by atoms with Crippen molar-refractivity contribution in [2.24, 2.45) is 0 Å². The third-order valence-corrected chi connectivity index (χ3v) is 4.34. The third-order valence-electron chi connectivity index (χ3n) is 4.34. The van der Waals surface area contributed by atoms with Gasteiger partial charge in [-0.15, -0.1) is 0 Å². The normalized spacial score (nSPS) is 28.8. The highest BCUT2D eigenvalue weighted by atomic mass is 16.2. The van der Waals surface area contributed by atoms with E-state index in [-0.39, 0.29) is 24.0 Å². The molecule has 21 heavy (non-hydrogen) atoms. The highest BCUT2D eigenvalue weighted by Gasteiger charge is 2.46. The molecule has 0 bridgehead atoms. The van der Waals surface area contributed by atoms with E-state index in [9.17, 15) is 4.79 Å². The lowest BCUT2D eigenvalue weighted by atomic mass is 10.0. The van der Waals surface area contributed by atoms with E-state index >= 15 is 0 Å². The molecule has 3 unspecified atom stereocenters. The van der Waals surface area contributed by atoms with Crippen molar-refractivity contribution < 1.29 is 4.79 Å². The fraction of sp³-hybridized carbons (Fsp3) is 0.600. The molecule has 3 atom stereocenters. The first kappa shape index (κ1) is 14.3. The molecule has 0 saturated carbocycles.